The lowest BCUT2D eigenvalue weighted by atomic mass is 10.1. The van der Waals surface area contributed by atoms with E-state index in [2.05, 4.69) is 5.32 Å². The molecule has 1 aromatic carbocycles. The number of nitrogens with one attached hydrogen (secondary N) is 1. The zero-order valence-corrected chi connectivity index (χ0v) is 10.2. The maximum absolute atomic E-state index is 12.9. The fourth-order valence-corrected chi connectivity index (χ4v) is 1.51. The van der Waals surface area contributed by atoms with Gasteiger partial charge in [0, 0.05) is 19.8 Å². The highest BCUT2D eigenvalue weighted by Gasteiger charge is 2.07. The van der Waals surface area contributed by atoms with Crippen molar-refractivity contribution in [2.75, 3.05) is 26.3 Å². The second-order valence-corrected chi connectivity index (χ2v) is 3.83. The Morgan fingerprint density at radius 3 is 3.00 bits per heavy atom. The van der Waals surface area contributed by atoms with Crippen LogP contribution >= 0.6 is 0 Å². The molecule has 0 amide bonds. The number of hydrogen-bond donors (Lipinski definition) is 2. The summed E-state index contributed by atoms with van der Waals surface area (Å²) in [5.41, 5.74) is 0.599. The van der Waals surface area contributed by atoms with Gasteiger partial charge in [-0.3, -0.25) is 0 Å². The molecule has 96 valence electrons. The van der Waals surface area contributed by atoms with Crippen molar-refractivity contribution >= 4 is 0 Å². The van der Waals surface area contributed by atoms with Crippen molar-refractivity contribution in [2.24, 2.45) is 0 Å². The molecule has 0 aliphatic rings. The van der Waals surface area contributed by atoms with Crippen LogP contribution in [0.3, 0.4) is 0 Å². The molecule has 0 radical (unpaired) electrons. The summed E-state index contributed by atoms with van der Waals surface area (Å²) in [7, 11) is 0. The molecule has 0 saturated heterocycles. The predicted molar refractivity (Wildman–Crippen MR) is 65.3 cm³/mol. The number of ether oxygens (including phenoxy) is 1. The summed E-state index contributed by atoms with van der Waals surface area (Å²) in [6.07, 6.45) is 0.238. The number of aliphatic hydroxyl groups excluding tert-OH is 1. The number of halogens is 1. The van der Waals surface area contributed by atoms with Crippen LogP contribution in [0.25, 0.3) is 0 Å². The molecule has 0 aromatic heterocycles. The van der Waals surface area contributed by atoms with Crippen molar-refractivity contribution in [3.63, 3.8) is 0 Å². The van der Waals surface area contributed by atoms with Gasteiger partial charge in [-0.2, -0.15) is 0 Å². The molecule has 0 saturated carbocycles. The van der Waals surface area contributed by atoms with Crippen LogP contribution in [0.4, 0.5) is 4.39 Å². The molecule has 0 bridgehead atoms. The van der Waals surface area contributed by atoms with Gasteiger partial charge >= 0.3 is 0 Å². The van der Waals surface area contributed by atoms with Crippen LogP contribution in [0.5, 0.6) is 0 Å². The Morgan fingerprint density at radius 1 is 1.47 bits per heavy atom. The first-order valence-electron chi connectivity index (χ1n) is 5.96. The lowest BCUT2D eigenvalue weighted by Gasteiger charge is -2.12. The van der Waals surface area contributed by atoms with Crippen LogP contribution in [-0.2, 0) is 4.74 Å². The molecular weight excluding hydrogens is 221 g/mol. The second kappa shape index (κ2) is 8.17. The normalized spacial score (nSPS) is 12.6. The van der Waals surface area contributed by atoms with Crippen molar-refractivity contribution in [2.45, 2.75) is 19.4 Å². The molecule has 0 aliphatic heterocycles. The molecule has 4 heteroatoms. The average Bonchev–Trinajstić information content (AvgIpc) is 2.33. The smallest absolute Gasteiger partial charge is 0.123 e. The number of rotatable bonds is 8. The van der Waals surface area contributed by atoms with Gasteiger partial charge in [0.1, 0.15) is 5.82 Å². The quantitative estimate of drug-likeness (QED) is 0.683. The Bertz CT molecular complexity index is 320. The van der Waals surface area contributed by atoms with E-state index in [0.29, 0.717) is 12.1 Å². The molecule has 1 aromatic rings. The first-order chi connectivity index (χ1) is 8.24. The summed E-state index contributed by atoms with van der Waals surface area (Å²) in [5.74, 6) is -0.321. The first-order valence-corrected chi connectivity index (χ1v) is 5.96. The summed E-state index contributed by atoms with van der Waals surface area (Å²) in [4.78, 5) is 0. The summed E-state index contributed by atoms with van der Waals surface area (Å²) < 4.78 is 18.1. The molecule has 0 heterocycles. The minimum atomic E-state index is -0.669. The Hall–Kier alpha value is -0.970. The average molecular weight is 241 g/mol. The van der Waals surface area contributed by atoms with E-state index in [1.54, 1.807) is 12.1 Å². The van der Waals surface area contributed by atoms with E-state index in [1.807, 2.05) is 6.92 Å². The summed E-state index contributed by atoms with van der Waals surface area (Å²) in [6, 6.07) is 6.04. The van der Waals surface area contributed by atoms with Crippen molar-refractivity contribution in [1.82, 2.24) is 5.32 Å². The van der Waals surface area contributed by atoms with Crippen LogP contribution in [-0.4, -0.2) is 31.4 Å². The molecule has 3 nitrogen and oxygen atoms in total. The summed E-state index contributed by atoms with van der Waals surface area (Å²) in [5, 5.41) is 12.9. The largest absolute Gasteiger partial charge is 0.387 e. The summed E-state index contributed by atoms with van der Waals surface area (Å²) in [6.45, 7) is 4.62. The standard InChI is InChI=1S/C13H20FNO2/c1-2-17-8-4-7-15-10-13(16)11-5-3-6-12(14)9-11/h3,5-6,9,13,15-16H,2,4,7-8,10H2,1H3. The number of aliphatic hydroxyl groups is 1. The third-order valence-corrected chi connectivity index (χ3v) is 2.42. The van der Waals surface area contributed by atoms with Crippen LogP contribution in [0.1, 0.15) is 25.0 Å². The van der Waals surface area contributed by atoms with Crippen LogP contribution in [0.15, 0.2) is 24.3 Å². The predicted octanol–water partition coefficient (Wildman–Crippen LogP) is 1.88. The molecule has 1 unspecified atom stereocenters. The van der Waals surface area contributed by atoms with Crippen LogP contribution in [0, 0.1) is 5.82 Å². The van der Waals surface area contributed by atoms with Crippen LogP contribution < -0.4 is 5.32 Å². The number of hydrogen-bond acceptors (Lipinski definition) is 3. The lowest BCUT2D eigenvalue weighted by molar-refractivity contribution is 0.141. The van der Waals surface area contributed by atoms with Gasteiger partial charge in [-0.25, -0.2) is 4.39 Å². The topological polar surface area (TPSA) is 41.5 Å². The minimum Gasteiger partial charge on any atom is -0.387 e. The highest BCUT2D eigenvalue weighted by atomic mass is 19.1. The maximum Gasteiger partial charge on any atom is 0.123 e. The lowest BCUT2D eigenvalue weighted by Crippen LogP contribution is -2.23. The highest BCUT2D eigenvalue weighted by molar-refractivity contribution is 5.18. The molecule has 0 spiro atoms. The van der Waals surface area contributed by atoms with Gasteiger partial charge in [0.15, 0.2) is 0 Å². The molecular formula is C13H20FNO2. The molecule has 2 N–H and O–H groups in total. The Labute approximate surface area is 102 Å². The zero-order valence-electron chi connectivity index (χ0n) is 10.2. The second-order valence-electron chi connectivity index (χ2n) is 3.83. The highest BCUT2D eigenvalue weighted by Crippen LogP contribution is 2.12. The van der Waals surface area contributed by atoms with Gasteiger partial charge in [-0.1, -0.05) is 12.1 Å². The van der Waals surface area contributed by atoms with E-state index >= 15 is 0 Å². The fourth-order valence-electron chi connectivity index (χ4n) is 1.51. The van der Waals surface area contributed by atoms with Gasteiger partial charge in [0.25, 0.3) is 0 Å². The van der Waals surface area contributed by atoms with Crippen molar-refractivity contribution in [3.8, 4) is 0 Å². The van der Waals surface area contributed by atoms with Crippen LogP contribution in [0.2, 0.25) is 0 Å². The van der Waals surface area contributed by atoms with E-state index in [4.69, 9.17) is 4.74 Å². The monoisotopic (exact) mass is 241 g/mol. The maximum atomic E-state index is 12.9. The minimum absolute atomic E-state index is 0.321. The SMILES string of the molecule is CCOCCCNCC(O)c1cccc(F)c1. The Balaban J connectivity index is 2.19. The van der Waals surface area contributed by atoms with Gasteiger partial charge in [0.2, 0.25) is 0 Å². The molecule has 0 fully saturated rings. The molecule has 1 atom stereocenters. The van der Waals surface area contributed by atoms with Gasteiger partial charge < -0.3 is 15.2 Å². The van der Waals surface area contributed by atoms with E-state index in [-0.39, 0.29) is 5.82 Å². The Kier molecular flexibility index (Phi) is 6.77. The Morgan fingerprint density at radius 2 is 2.29 bits per heavy atom. The van der Waals surface area contributed by atoms with E-state index in [1.165, 1.54) is 12.1 Å². The first kappa shape index (κ1) is 14.1. The van der Waals surface area contributed by atoms with Crippen molar-refractivity contribution in [3.05, 3.63) is 35.6 Å². The third kappa shape index (κ3) is 5.77. The molecule has 0 aliphatic carbocycles. The van der Waals surface area contributed by atoms with Gasteiger partial charge in [-0.15, -0.1) is 0 Å². The molecule has 17 heavy (non-hydrogen) atoms. The van der Waals surface area contributed by atoms with E-state index < -0.39 is 6.10 Å². The van der Waals surface area contributed by atoms with Gasteiger partial charge in [-0.05, 0) is 37.6 Å². The third-order valence-electron chi connectivity index (χ3n) is 2.42. The number of benzene rings is 1. The fraction of sp³-hybridized carbons (Fsp3) is 0.538. The van der Waals surface area contributed by atoms with E-state index in [0.717, 1.165) is 26.2 Å². The zero-order chi connectivity index (χ0) is 12.5. The van der Waals surface area contributed by atoms with Crippen molar-refractivity contribution < 1.29 is 14.2 Å². The summed E-state index contributed by atoms with van der Waals surface area (Å²) >= 11 is 0. The molecule has 1 rings (SSSR count). The van der Waals surface area contributed by atoms with Crippen molar-refractivity contribution in [1.29, 1.82) is 0 Å². The van der Waals surface area contributed by atoms with E-state index in [9.17, 15) is 9.50 Å². The van der Waals surface area contributed by atoms with Gasteiger partial charge in [0.05, 0.1) is 6.10 Å².